The molecule has 0 saturated heterocycles. The second kappa shape index (κ2) is 13.3. The topological polar surface area (TPSA) is 95.7 Å². The minimum atomic E-state index is -0.839. The van der Waals surface area contributed by atoms with Gasteiger partial charge in [-0.05, 0) is 48.6 Å². The van der Waals surface area contributed by atoms with Crippen LogP contribution >= 0.6 is 0 Å². The lowest BCUT2D eigenvalue weighted by molar-refractivity contribution is -0.136. The molecule has 0 fully saturated rings. The van der Waals surface area contributed by atoms with Crippen LogP contribution in [0, 0.1) is 17.8 Å². The summed E-state index contributed by atoms with van der Waals surface area (Å²) in [7, 11) is 0. The van der Waals surface area contributed by atoms with E-state index in [2.05, 4.69) is 10.2 Å². The summed E-state index contributed by atoms with van der Waals surface area (Å²) in [6.45, 7) is 6.64. The number of carbonyl (C=O) groups is 3. The third-order valence-electron chi connectivity index (χ3n) is 7.47. The lowest BCUT2D eigenvalue weighted by Crippen LogP contribution is -2.54. The van der Waals surface area contributed by atoms with Crippen molar-refractivity contribution in [3.8, 4) is 0 Å². The van der Waals surface area contributed by atoms with Gasteiger partial charge in [-0.25, -0.2) is 0 Å². The van der Waals surface area contributed by atoms with Gasteiger partial charge in [0.2, 0.25) is 11.8 Å². The van der Waals surface area contributed by atoms with Crippen molar-refractivity contribution >= 4 is 34.8 Å². The van der Waals surface area contributed by atoms with E-state index in [1.807, 2.05) is 106 Å². The van der Waals surface area contributed by atoms with Crippen LogP contribution in [0.5, 0.6) is 0 Å². The predicted octanol–water partition coefficient (Wildman–Crippen LogP) is 5.42. The Hall–Kier alpha value is -4.13. The fraction of sp³-hybridized carbons (Fsp3) is 0.364. The van der Waals surface area contributed by atoms with Gasteiger partial charge in [-0.2, -0.15) is 0 Å². The number of anilines is 3. The number of amides is 3. The zero-order valence-electron chi connectivity index (χ0n) is 23.6. The maximum absolute atomic E-state index is 14.3. The number of nitrogens with zero attached hydrogens (tertiary/aromatic N) is 2. The summed E-state index contributed by atoms with van der Waals surface area (Å²) in [6, 6.07) is 26.7. The van der Waals surface area contributed by atoms with E-state index >= 15 is 0 Å². The Morgan fingerprint density at radius 1 is 0.900 bits per heavy atom. The van der Waals surface area contributed by atoms with E-state index < -0.39 is 23.8 Å². The van der Waals surface area contributed by atoms with Gasteiger partial charge in [-0.1, -0.05) is 87.9 Å². The number of benzene rings is 3. The van der Waals surface area contributed by atoms with E-state index in [0.717, 1.165) is 29.0 Å². The Kier molecular flexibility index (Phi) is 9.59. The quantitative estimate of drug-likeness (QED) is 0.339. The number of rotatable bonds is 11. The van der Waals surface area contributed by atoms with Crippen molar-refractivity contribution in [2.24, 2.45) is 23.5 Å². The van der Waals surface area contributed by atoms with E-state index in [1.165, 1.54) is 0 Å². The predicted molar refractivity (Wildman–Crippen MR) is 160 cm³/mol. The number of fused-ring (bicyclic) bond motifs is 1. The molecule has 0 bridgehead atoms. The Morgan fingerprint density at radius 2 is 1.50 bits per heavy atom. The summed E-state index contributed by atoms with van der Waals surface area (Å²) in [5.41, 5.74) is 9.35. The Bertz CT molecular complexity index is 1300. The molecule has 0 spiro atoms. The first kappa shape index (κ1) is 28.9. The molecule has 3 aromatic rings. The minimum absolute atomic E-state index is 0.180. The van der Waals surface area contributed by atoms with Gasteiger partial charge in [0.25, 0.3) is 5.91 Å². The molecule has 0 saturated carbocycles. The number of hydrogen-bond acceptors (Lipinski definition) is 4. The summed E-state index contributed by atoms with van der Waals surface area (Å²) < 4.78 is 0. The summed E-state index contributed by atoms with van der Waals surface area (Å²) in [4.78, 5) is 44.5. The molecule has 3 atom stereocenters. The summed E-state index contributed by atoms with van der Waals surface area (Å²) in [5, 5.41) is 3.08. The SMILES string of the molecule is CCCC(C(N)=O)C(CC(C)C)C(=O)NC1CN(c2ccccc2)c2ccccc2N(Cc2ccccc2)C1=O. The monoisotopic (exact) mass is 540 g/mol. The molecule has 0 aromatic heterocycles. The highest BCUT2D eigenvalue weighted by Crippen LogP contribution is 2.38. The zero-order valence-corrected chi connectivity index (χ0v) is 23.6. The number of carbonyl (C=O) groups excluding carboxylic acids is 3. The van der Waals surface area contributed by atoms with Crippen LogP contribution < -0.4 is 20.9 Å². The standard InChI is InChI=1S/C33H40N4O3/c1-4-13-26(31(34)38)27(20-23(2)3)32(39)35-28-22-36(25-16-9-6-10-17-25)29-18-11-12-19-30(29)37(33(28)40)21-24-14-7-5-8-15-24/h5-12,14-19,23,26-28H,4,13,20-22H2,1-3H3,(H2,34,38)(H,35,39). The molecule has 210 valence electrons. The van der Waals surface area contributed by atoms with Gasteiger partial charge in [0.15, 0.2) is 0 Å². The molecular weight excluding hydrogens is 500 g/mol. The molecule has 1 heterocycles. The van der Waals surface area contributed by atoms with E-state index in [9.17, 15) is 14.4 Å². The number of nitrogens with two attached hydrogens (primary N) is 1. The maximum atomic E-state index is 14.3. The Labute approximate surface area is 237 Å². The molecule has 3 N–H and O–H groups in total. The molecule has 4 rings (SSSR count). The first-order valence-corrected chi connectivity index (χ1v) is 14.2. The van der Waals surface area contributed by atoms with Crippen LogP contribution in [-0.4, -0.2) is 30.3 Å². The molecule has 1 aliphatic rings. The second-order valence-electron chi connectivity index (χ2n) is 10.9. The van der Waals surface area contributed by atoms with Crippen LogP contribution in [0.25, 0.3) is 0 Å². The van der Waals surface area contributed by atoms with Crippen molar-refractivity contribution in [3.63, 3.8) is 0 Å². The van der Waals surface area contributed by atoms with E-state index in [0.29, 0.717) is 19.4 Å². The lowest BCUT2D eigenvalue weighted by Gasteiger charge is -2.30. The first-order chi connectivity index (χ1) is 19.3. The van der Waals surface area contributed by atoms with Gasteiger partial charge in [0.05, 0.1) is 24.5 Å². The van der Waals surface area contributed by atoms with Crippen LogP contribution in [-0.2, 0) is 20.9 Å². The Balaban J connectivity index is 1.75. The second-order valence-corrected chi connectivity index (χ2v) is 10.9. The molecule has 3 aromatic carbocycles. The molecule has 3 amide bonds. The van der Waals surface area contributed by atoms with Crippen molar-refractivity contribution in [2.75, 3.05) is 16.3 Å². The average Bonchev–Trinajstić information content (AvgIpc) is 3.06. The van der Waals surface area contributed by atoms with Gasteiger partial charge >= 0.3 is 0 Å². The highest BCUT2D eigenvalue weighted by atomic mass is 16.2. The average molecular weight is 541 g/mol. The lowest BCUT2D eigenvalue weighted by atomic mass is 9.81. The summed E-state index contributed by atoms with van der Waals surface area (Å²) in [5.74, 6) is -1.99. The molecular formula is C33H40N4O3. The van der Waals surface area contributed by atoms with Crippen LogP contribution in [0.3, 0.4) is 0 Å². The van der Waals surface area contributed by atoms with Crippen molar-refractivity contribution in [1.82, 2.24) is 5.32 Å². The van der Waals surface area contributed by atoms with Crippen molar-refractivity contribution in [2.45, 2.75) is 52.6 Å². The highest BCUT2D eigenvalue weighted by molar-refractivity contribution is 6.04. The highest BCUT2D eigenvalue weighted by Gasteiger charge is 2.38. The van der Waals surface area contributed by atoms with Gasteiger partial charge in [-0.3, -0.25) is 14.4 Å². The Morgan fingerprint density at radius 3 is 2.10 bits per heavy atom. The molecule has 7 nitrogen and oxygen atoms in total. The molecule has 0 radical (unpaired) electrons. The van der Waals surface area contributed by atoms with Crippen molar-refractivity contribution < 1.29 is 14.4 Å². The van der Waals surface area contributed by atoms with Crippen LogP contribution in [0.1, 0.15) is 45.6 Å². The van der Waals surface area contributed by atoms with Gasteiger partial charge < -0.3 is 20.9 Å². The van der Waals surface area contributed by atoms with E-state index in [-0.39, 0.29) is 24.3 Å². The molecule has 40 heavy (non-hydrogen) atoms. The fourth-order valence-electron chi connectivity index (χ4n) is 5.57. The van der Waals surface area contributed by atoms with Crippen LogP contribution in [0.2, 0.25) is 0 Å². The zero-order chi connectivity index (χ0) is 28.6. The third-order valence-corrected chi connectivity index (χ3v) is 7.47. The van der Waals surface area contributed by atoms with Gasteiger partial charge in [0.1, 0.15) is 6.04 Å². The number of hydrogen-bond donors (Lipinski definition) is 2. The van der Waals surface area contributed by atoms with Gasteiger partial charge in [-0.15, -0.1) is 0 Å². The van der Waals surface area contributed by atoms with E-state index in [4.69, 9.17) is 5.73 Å². The van der Waals surface area contributed by atoms with Crippen LogP contribution in [0.4, 0.5) is 17.1 Å². The third kappa shape index (κ3) is 6.71. The smallest absolute Gasteiger partial charge is 0.251 e. The van der Waals surface area contributed by atoms with Crippen LogP contribution in [0.15, 0.2) is 84.9 Å². The van der Waals surface area contributed by atoms with Crippen molar-refractivity contribution in [1.29, 1.82) is 0 Å². The number of primary amides is 1. The summed E-state index contributed by atoms with van der Waals surface area (Å²) >= 11 is 0. The largest absolute Gasteiger partial charge is 0.369 e. The maximum Gasteiger partial charge on any atom is 0.251 e. The minimum Gasteiger partial charge on any atom is -0.369 e. The number of para-hydroxylation sites is 3. The molecule has 3 unspecified atom stereocenters. The first-order valence-electron chi connectivity index (χ1n) is 14.2. The van der Waals surface area contributed by atoms with E-state index in [1.54, 1.807) is 4.90 Å². The van der Waals surface area contributed by atoms with Crippen molar-refractivity contribution in [3.05, 3.63) is 90.5 Å². The molecule has 7 heteroatoms. The van der Waals surface area contributed by atoms with Gasteiger partial charge in [0, 0.05) is 17.5 Å². The number of nitrogens with one attached hydrogen (secondary N) is 1. The normalized spacial score (nSPS) is 16.7. The molecule has 0 aliphatic carbocycles. The molecule has 1 aliphatic heterocycles. The fourth-order valence-corrected chi connectivity index (χ4v) is 5.57. The summed E-state index contributed by atoms with van der Waals surface area (Å²) in [6.07, 6.45) is 1.77.